The number of halogens is 1. The standard InChI is InChI=1S/C35H43FN6O7S/c1-40(2)50(47,48)39-33(45)35-19-24(35)13-7-4-3-5-10-17-29(37-25-14-8-6-9-15-25)32(44)42-21-26(18-30(42)31(43)38-35)49-34(46)41-20-23-12-11-16-28(36)27(23)22-41/h6-9,11-16,24,26,29-30,37H,3-5,10,17-22H2,1-2H3,(H,38,43)(H,39,45)/b13-7-/t24-,26-,29+,30+,35-/m1/s1. The quantitative estimate of drug-likeness (QED) is 0.387. The van der Waals surface area contributed by atoms with Gasteiger partial charge in [0.25, 0.3) is 5.91 Å². The van der Waals surface area contributed by atoms with E-state index in [1.807, 2.05) is 42.5 Å². The van der Waals surface area contributed by atoms with Crippen molar-refractivity contribution in [3.8, 4) is 0 Å². The number of nitrogens with one attached hydrogen (secondary N) is 3. The second-order valence-electron chi connectivity index (χ2n) is 13.6. The van der Waals surface area contributed by atoms with Crippen LogP contribution in [0.4, 0.5) is 14.9 Å². The maximum atomic E-state index is 14.4. The fraction of sp³-hybridized carbons (Fsp3) is 0.486. The van der Waals surface area contributed by atoms with Crippen molar-refractivity contribution in [1.29, 1.82) is 0 Å². The molecule has 2 aromatic rings. The normalized spacial score (nSPS) is 27.6. The molecule has 4 amide bonds. The predicted octanol–water partition coefficient (Wildman–Crippen LogP) is 3.05. The lowest BCUT2D eigenvalue weighted by Gasteiger charge is -2.30. The number of carbonyl (C=O) groups is 4. The summed E-state index contributed by atoms with van der Waals surface area (Å²) in [6, 6.07) is 12.1. The third kappa shape index (κ3) is 7.48. The van der Waals surface area contributed by atoms with Gasteiger partial charge in [-0.15, -0.1) is 0 Å². The minimum Gasteiger partial charge on any atom is -0.444 e. The molecule has 0 bridgehead atoms. The van der Waals surface area contributed by atoms with E-state index in [0.717, 1.165) is 35.7 Å². The molecule has 2 fully saturated rings. The van der Waals surface area contributed by atoms with Crippen molar-refractivity contribution in [2.75, 3.05) is 26.0 Å². The number of para-hydroxylation sites is 1. The summed E-state index contributed by atoms with van der Waals surface area (Å²) in [6.45, 7) is 0.116. The van der Waals surface area contributed by atoms with Crippen LogP contribution in [0, 0.1) is 11.7 Å². The van der Waals surface area contributed by atoms with Crippen LogP contribution in [0.15, 0.2) is 60.7 Å². The average Bonchev–Trinajstić information content (AvgIpc) is 3.38. The highest BCUT2D eigenvalue weighted by Crippen LogP contribution is 2.46. The lowest BCUT2D eigenvalue weighted by Crippen LogP contribution is -2.58. The van der Waals surface area contributed by atoms with E-state index in [1.54, 1.807) is 12.1 Å². The highest BCUT2D eigenvalue weighted by atomic mass is 32.2. The number of anilines is 1. The van der Waals surface area contributed by atoms with Crippen LogP contribution in [0.5, 0.6) is 0 Å². The second-order valence-corrected chi connectivity index (χ2v) is 15.5. The van der Waals surface area contributed by atoms with E-state index >= 15 is 0 Å². The first kappa shape index (κ1) is 35.3. The first-order valence-corrected chi connectivity index (χ1v) is 18.4. The minimum atomic E-state index is -4.16. The van der Waals surface area contributed by atoms with Gasteiger partial charge >= 0.3 is 16.3 Å². The second kappa shape index (κ2) is 14.4. The van der Waals surface area contributed by atoms with E-state index in [4.69, 9.17) is 4.74 Å². The summed E-state index contributed by atoms with van der Waals surface area (Å²) in [7, 11) is -1.59. The lowest BCUT2D eigenvalue weighted by molar-refractivity contribution is -0.140. The molecule has 13 nitrogen and oxygen atoms in total. The van der Waals surface area contributed by atoms with Crippen LogP contribution >= 0.6 is 0 Å². The molecular formula is C35H43FN6O7S. The molecule has 3 N–H and O–H groups in total. The Kier molecular flexibility index (Phi) is 10.2. The van der Waals surface area contributed by atoms with Gasteiger partial charge in [0.15, 0.2) is 0 Å². The highest BCUT2D eigenvalue weighted by Gasteiger charge is 2.61. The van der Waals surface area contributed by atoms with Crippen molar-refractivity contribution in [3.63, 3.8) is 0 Å². The summed E-state index contributed by atoms with van der Waals surface area (Å²) in [5.41, 5.74) is 0.279. The van der Waals surface area contributed by atoms with Gasteiger partial charge in [0.05, 0.1) is 13.1 Å². The molecule has 1 saturated heterocycles. The summed E-state index contributed by atoms with van der Waals surface area (Å²) in [4.78, 5) is 58.2. The van der Waals surface area contributed by atoms with Crippen LogP contribution in [0.3, 0.4) is 0 Å². The predicted molar refractivity (Wildman–Crippen MR) is 182 cm³/mol. The number of rotatable bonds is 6. The van der Waals surface area contributed by atoms with Crippen molar-refractivity contribution in [2.45, 2.75) is 81.8 Å². The van der Waals surface area contributed by atoms with Gasteiger partial charge in [0.2, 0.25) is 11.8 Å². The molecule has 0 unspecified atom stereocenters. The summed E-state index contributed by atoms with van der Waals surface area (Å²) in [5, 5.41) is 6.13. The topological polar surface area (TPSA) is 157 Å². The molecule has 2 aromatic carbocycles. The number of nitrogens with zero attached hydrogens (tertiary/aromatic N) is 3. The van der Waals surface area contributed by atoms with Gasteiger partial charge in [-0.1, -0.05) is 55.3 Å². The molecule has 15 heteroatoms. The summed E-state index contributed by atoms with van der Waals surface area (Å²) < 4.78 is 48.4. The molecule has 0 aromatic heterocycles. The Balaban J connectivity index is 1.27. The van der Waals surface area contributed by atoms with Crippen molar-refractivity contribution < 1.29 is 36.7 Å². The molecule has 1 saturated carbocycles. The van der Waals surface area contributed by atoms with Gasteiger partial charge in [-0.05, 0) is 49.4 Å². The van der Waals surface area contributed by atoms with Crippen LogP contribution in [-0.2, 0) is 42.4 Å². The van der Waals surface area contributed by atoms with Crippen LogP contribution in [0.25, 0.3) is 0 Å². The van der Waals surface area contributed by atoms with Gasteiger partial charge in [0, 0.05) is 44.2 Å². The van der Waals surface area contributed by atoms with E-state index in [1.165, 1.54) is 30.0 Å². The van der Waals surface area contributed by atoms with Crippen molar-refractivity contribution >= 4 is 39.7 Å². The molecule has 4 aliphatic rings. The first-order chi connectivity index (χ1) is 23.9. The van der Waals surface area contributed by atoms with Crippen molar-refractivity contribution in [2.24, 2.45) is 5.92 Å². The van der Waals surface area contributed by atoms with Gasteiger partial charge in [-0.3, -0.25) is 19.3 Å². The summed E-state index contributed by atoms with van der Waals surface area (Å²) in [5.74, 6) is -2.76. The fourth-order valence-corrected chi connectivity index (χ4v) is 7.53. The number of carbonyl (C=O) groups excluding carboxylic acids is 4. The molecule has 268 valence electrons. The fourth-order valence-electron chi connectivity index (χ4n) is 6.93. The Hall–Kier alpha value is -4.50. The van der Waals surface area contributed by atoms with Crippen LogP contribution in [0.1, 0.15) is 56.1 Å². The molecule has 0 spiro atoms. The zero-order chi connectivity index (χ0) is 35.6. The maximum Gasteiger partial charge on any atom is 0.410 e. The van der Waals surface area contributed by atoms with Gasteiger partial charge < -0.3 is 20.3 Å². The van der Waals surface area contributed by atoms with E-state index in [-0.39, 0.29) is 38.4 Å². The van der Waals surface area contributed by atoms with Crippen LogP contribution < -0.4 is 15.4 Å². The summed E-state index contributed by atoms with van der Waals surface area (Å²) >= 11 is 0. The Labute approximate surface area is 291 Å². The van der Waals surface area contributed by atoms with Crippen molar-refractivity contribution in [3.05, 3.63) is 77.6 Å². The van der Waals surface area contributed by atoms with Gasteiger partial charge in [-0.2, -0.15) is 12.7 Å². The number of amides is 4. The van der Waals surface area contributed by atoms with Crippen LogP contribution in [-0.4, -0.2) is 90.7 Å². The van der Waals surface area contributed by atoms with E-state index in [9.17, 15) is 32.0 Å². The minimum absolute atomic E-state index is 0.0333. The number of hydrogen-bond acceptors (Lipinski definition) is 8. The lowest BCUT2D eigenvalue weighted by atomic mass is 10.0. The van der Waals surface area contributed by atoms with Gasteiger partial charge in [-0.25, -0.2) is 13.9 Å². The summed E-state index contributed by atoms with van der Waals surface area (Å²) in [6.07, 6.45) is 5.94. The monoisotopic (exact) mass is 710 g/mol. The largest absolute Gasteiger partial charge is 0.444 e. The number of hydrogen-bond donors (Lipinski definition) is 3. The molecule has 1 aliphatic carbocycles. The Morgan fingerprint density at radius 1 is 1.04 bits per heavy atom. The Morgan fingerprint density at radius 3 is 2.56 bits per heavy atom. The van der Waals surface area contributed by atoms with E-state index in [2.05, 4.69) is 15.4 Å². The van der Waals surface area contributed by atoms with E-state index in [0.29, 0.717) is 17.5 Å². The molecule has 3 aliphatic heterocycles. The third-order valence-electron chi connectivity index (χ3n) is 9.91. The SMILES string of the molecule is CN(C)S(=O)(=O)NC(=O)[C@@]12C[C@H]1/C=C\CCCCC[C@H](Nc1ccccc1)C(=O)N1C[C@H](OC(=O)N3Cc4cccc(F)c4C3)C[C@H]1C(=O)N2. The molecule has 6 rings (SSSR count). The zero-order valence-corrected chi connectivity index (χ0v) is 29.0. The molecule has 3 heterocycles. The third-order valence-corrected chi connectivity index (χ3v) is 11.3. The molecule has 5 atom stereocenters. The van der Waals surface area contributed by atoms with Crippen molar-refractivity contribution in [1.82, 2.24) is 24.1 Å². The highest BCUT2D eigenvalue weighted by molar-refractivity contribution is 7.87. The van der Waals surface area contributed by atoms with Crippen LogP contribution in [0.2, 0.25) is 0 Å². The van der Waals surface area contributed by atoms with E-state index < -0.39 is 63.6 Å². The maximum absolute atomic E-state index is 14.4. The average molecular weight is 711 g/mol. The van der Waals surface area contributed by atoms with Gasteiger partial charge in [0.1, 0.15) is 29.5 Å². The number of benzene rings is 2. The number of ether oxygens (including phenoxy) is 1. The Morgan fingerprint density at radius 2 is 1.82 bits per heavy atom. The zero-order valence-electron chi connectivity index (χ0n) is 28.1. The Bertz CT molecular complexity index is 1770. The number of allylic oxidation sites excluding steroid dienone is 1. The molecule has 50 heavy (non-hydrogen) atoms. The number of fused-ring (bicyclic) bond motifs is 3. The molecular weight excluding hydrogens is 667 g/mol. The first-order valence-electron chi connectivity index (χ1n) is 17.0. The molecule has 0 radical (unpaired) electrons. The smallest absolute Gasteiger partial charge is 0.410 e.